The van der Waals surface area contributed by atoms with E-state index in [-0.39, 0.29) is 6.10 Å². The lowest BCUT2D eigenvalue weighted by molar-refractivity contribution is -0.0450. The zero-order valence-electron chi connectivity index (χ0n) is 12.5. The van der Waals surface area contributed by atoms with E-state index in [4.69, 9.17) is 15.0 Å². The number of anilines is 1. The average Bonchev–Trinajstić information content (AvgIpc) is 3.05. The molecule has 114 valence electrons. The molecule has 21 heavy (non-hydrogen) atoms. The van der Waals surface area contributed by atoms with Crippen LogP contribution >= 0.6 is 11.3 Å². The molecule has 1 unspecified atom stereocenters. The van der Waals surface area contributed by atoms with Crippen LogP contribution in [-0.2, 0) is 4.74 Å². The van der Waals surface area contributed by atoms with Gasteiger partial charge >= 0.3 is 0 Å². The molecular formula is C14H20N4O2S. The first-order valence-electron chi connectivity index (χ1n) is 7.10. The highest BCUT2D eigenvalue weighted by molar-refractivity contribution is 7.16. The van der Waals surface area contributed by atoms with Crippen LogP contribution in [0.4, 0.5) is 5.00 Å². The maximum atomic E-state index is 5.97. The van der Waals surface area contributed by atoms with Crippen molar-refractivity contribution in [2.75, 3.05) is 25.4 Å². The van der Waals surface area contributed by atoms with Gasteiger partial charge in [0.15, 0.2) is 0 Å². The molecule has 1 aliphatic rings. The minimum atomic E-state index is -0.139. The fourth-order valence-electron chi connectivity index (χ4n) is 2.47. The Morgan fingerprint density at radius 3 is 2.95 bits per heavy atom. The van der Waals surface area contributed by atoms with Crippen molar-refractivity contribution in [3.63, 3.8) is 0 Å². The topological polar surface area (TPSA) is 77.4 Å². The minimum absolute atomic E-state index is 0.139. The number of hydrogen-bond donors (Lipinski definition) is 1. The van der Waals surface area contributed by atoms with Crippen LogP contribution in [0.1, 0.15) is 30.7 Å². The molecule has 1 aliphatic heterocycles. The Labute approximate surface area is 127 Å². The van der Waals surface area contributed by atoms with Gasteiger partial charge in [-0.15, -0.1) is 11.3 Å². The number of nitrogens with zero attached hydrogens (tertiary/aromatic N) is 3. The summed E-state index contributed by atoms with van der Waals surface area (Å²) in [4.78, 5) is 7.95. The number of aromatic nitrogens is 2. The molecule has 1 atom stereocenters. The smallest absolute Gasteiger partial charge is 0.261 e. The number of hydrogen-bond acceptors (Lipinski definition) is 7. The van der Waals surface area contributed by atoms with Gasteiger partial charge in [-0.1, -0.05) is 5.16 Å². The van der Waals surface area contributed by atoms with Crippen molar-refractivity contribution in [1.82, 2.24) is 15.0 Å². The first-order valence-corrected chi connectivity index (χ1v) is 7.91. The van der Waals surface area contributed by atoms with Crippen LogP contribution in [-0.4, -0.2) is 40.8 Å². The molecule has 3 rings (SSSR count). The van der Waals surface area contributed by atoms with Crippen molar-refractivity contribution in [2.45, 2.75) is 32.9 Å². The molecule has 3 heterocycles. The molecule has 1 saturated heterocycles. The van der Waals surface area contributed by atoms with Crippen molar-refractivity contribution < 1.29 is 9.26 Å². The Hall–Kier alpha value is -1.44. The molecule has 1 fully saturated rings. The maximum absolute atomic E-state index is 5.97. The number of nitrogens with two attached hydrogens (primary N) is 1. The van der Waals surface area contributed by atoms with Crippen molar-refractivity contribution in [3.8, 4) is 11.5 Å². The van der Waals surface area contributed by atoms with Gasteiger partial charge < -0.3 is 15.0 Å². The van der Waals surface area contributed by atoms with Crippen LogP contribution in [0.3, 0.4) is 0 Å². The van der Waals surface area contributed by atoms with E-state index in [1.165, 1.54) is 11.3 Å². The highest BCUT2D eigenvalue weighted by Crippen LogP contribution is 2.33. The first-order chi connectivity index (χ1) is 10.0. The SMILES string of the molecule is Cc1cc(-c2nc(C3CN(C(C)C)CCO3)no2)c(N)s1. The summed E-state index contributed by atoms with van der Waals surface area (Å²) >= 11 is 1.52. The van der Waals surface area contributed by atoms with E-state index in [2.05, 4.69) is 28.9 Å². The molecule has 7 heteroatoms. The lowest BCUT2D eigenvalue weighted by Crippen LogP contribution is -2.42. The summed E-state index contributed by atoms with van der Waals surface area (Å²) in [5.74, 6) is 1.07. The van der Waals surface area contributed by atoms with Crippen LogP contribution in [0.25, 0.3) is 11.5 Å². The number of nitrogen functional groups attached to an aromatic ring is 1. The molecule has 0 aromatic carbocycles. The highest BCUT2D eigenvalue weighted by Gasteiger charge is 2.28. The van der Waals surface area contributed by atoms with E-state index in [1.807, 2.05) is 13.0 Å². The van der Waals surface area contributed by atoms with E-state index in [9.17, 15) is 0 Å². The molecule has 2 aromatic heterocycles. The number of ether oxygens (including phenoxy) is 1. The lowest BCUT2D eigenvalue weighted by Gasteiger charge is -2.34. The number of morpholine rings is 1. The van der Waals surface area contributed by atoms with E-state index in [1.54, 1.807) is 0 Å². The van der Waals surface area contributed by atoms with Gasteiger partial charge in [-0.2, -0.15) is 4.98 Å². The molecular weight excluding hydrogens is 288 g/mol. The number of rotatable bonds is 3. The summed E-state index contributed by atoms with van der Waals surface area (Å²) in [6, 6.07) is 2.46. The van der Waals surface area contributed by atoms with Crippen LogP contribution < -0.4 is 5.73 Å². The summed E-state index contributed by atoms with van der Waals surface area (Å²) in [6.45, 7) is 8.78. The fourth-order valence-corrected chi connectivity index (χ4v) is 3.25. The van der Waals surface area contributed by atoms with Gasteiger partial charge in [0.1, 0.15) is 6.10 Å². The molecule has 0 bridgehead atoms. The average molecular weight is 308 g/mol. The van der Waals surface area contributed by atoms with E-state index in [0.717, 1.165) is 23.5 Å². The predicted molar refractivity (Wildman–Crippen MR) is 82.2 cm³/mol. The zero-order chi connectivity index (χ0) is 15.0. The summed E-state index contributed by atoms with van der Waals surface area (Å²) in [5, 5.41) is 4.78. The predicted octanol–water partition coefficient (Wildman–Crippen LogP) is 2.47. The Balaban J connectivity index is 1.80. The Morgan fingerprint density at radius 2 is 2.29 bits per heavy atom. The zero-order valence-corrected chi connectivity index (χ0v) is 13.3. The Bertz CT molecular complexity index is 622. The van der Waals surface area contributed by atoms with Crippen molar-refractivity contribution in [2.24, 2.45) is 0 Å². The lowest BCUT2D eigenvalue weighted by atomic mass is 10.2. The molecule has 0 saturated carbocycles. The van der Waals surface area contributed by atoms with Crippen LogP contribution in [0, 0.1) is 6.92 Å². The quantitative estimate of drug-likeness (QED) is 0.938. The standard InChI is InChI=1S/C14H20N4O2S/c1-8(2)18-4-5-19-11(7-18)13-16-14(20-17-13)10-6-9(3)21-12(10)15/h6,8,11H,4-5,7,15H2,1-3H3. The molecule has 6 nitrogen and oxygen atoms in total. The van der Waals surface area contributed by atoms with Gasteiger partial charge in [-0.3, -0.25) is 4.90 Å². The third-order valence-electron chi connectivity index (χ3n) is 3.67. The van der Waals surface area contributed by atoms with Gasteiger partial charge in [0.05, 0.1) is 17.2 Å². The largest absolute Gasteiger partial charge is 0.390 e. The highest BCUT2D eigenvalue weighted by atomic mass is 32.1. The van der Waals surface area contributed by atoms with Gasteiger partial charge in [-0.05, 0) is 26.8 Å². The summed E-state index contributed by atoms with van der Waals surface area (Å²) in [6.07, 6.45) is -0.139. The second kappa shape index (κ2) is 5.75. The van der Waals surface area contributed by atoms with Gasteiger partial charge in [-0.25, -0.2) is 0 Å². The van der Waals surface area contributed by atoms with Crippen molar-refractivity contribution in [3.05, 3.63) is 16.8 Å². The van der Waals surface area contributed by atoms with Crippen LogP contribution in [0.15, 0.2) is 10.6 Å². The molecule has 0 amide bonds. The molecule has 0 radical (unpaired) electrons. The number of aryl methyl sites for hydroxylation is 1. The Morgan fingerprint density at radius 1 is 1.48 bits per heavy atom. The van der Waals surface area contributed by atoms with E-state index in [0.29, 0.717) is 29.4 Å². The summed E-state index contributed by atoms with van der Waals surface area (Å²) in [5.41, 5.74) is 6.79. The second-order valence-electron chi connectivity index (χ2n) is 5.54. The van der Waals surface area contributed by atoms with Crippen molar-refractivity contribution in [1.29, 1.82) is 0 Å². The molecule has 0 aliphatic carbocycles. The van der Waals surface area contributed by atoms with E-state index >= 15 is 0 Å². The first kappa shape index (κ1) is 14.5. The second-order valence-corrected chi connectivity index (χ2v) is 6.83. The third-order valence-corrected chi connectivity index (χ3v) is 4.55. The molecule has 2 N–H and O–H groups in total. The van der Waals surface area contributed by atoms with Crippen LogP contribution in [0.2, 0.25) is 0 Å². The molecule has 0 spiro atoms. The minimum Gasteiger partial charge on any atom is -0.390 e. The van der Waals surface area contributed by atoms with E-state index < -0.39 is 0 Å². The molecule has 2 aromatic rings. The summed E-state index contributed by atoms with van der Waals surface area (Å²) < 4.78 is 11.1. The van der Waals surface area contributed by atoms with Crippen molar-refractivity contribution >= 4 is 16.3 Å². The third kappa shape index (κ3) is 2.95. The van der Waals surface area contributed by atoms with Gasteiger partial charge in [0.2, 0.25) is 5.82 Å². The summed E-state index contributed by atoms with van der Waals surface area (Å²) in [7, 11) is 0. The van der Waals surface area contributed by atoms with Gasteiger partial charge in [0, 0.05) is 24.0 Å². The normalized spacial score (nSPS) is 20.3. The fraction of sp³-hybridized carbons (Fsp3) is 0.571. The van der Waals surface area contributed by atoms with Gasteiger partial charge in [0.25, 0.3) is 5.89 Å². The monoisotopic (exact) mass is 308 g/mol. The van der Waals surface area contributed by atoms with Crippen LogP contribution in [0.5, 0.6) is 0 Å². The Kier molecular flexibility index (Phi) is 3.97. The maximum Gasteiger partial charge on any atom is 0.261 e. The number of thiophene rings is 1.